The first-order valence-corrected chi connectivity index (χ1v) is 6.74. The highest BCUT2D eigenvalue weighted by Gasteiger charge is 2.21. The lowest BCUT2D eigenvalue weighted by molar-refractivity contribution is -0.132. The summed E-state index contributed by atoms with van der Waals surface area (Å²) in [5.74, 6) is 1.54. The molecule has 2 heterocycles. The molecule has 1 aromatic rings. The maximum atomic E-state index is 11.7. The van der Waals surface area contributed by atoms with Gasteiger partial charge in [0.15, 0.2) is 5.82 Å². The monoisotopic (exact) mass is 267 g/mol. The van der Waals surface area contributed by atoms with Gasteiger partial charge in [-0.15, -0.1) is 0 Å². The Bertz CT molecular complexity index is 412. The molecule has 2 rings (SSSR count). The van der Waals surface area contributed by atoms with Crippen molar-refractivity contribution in [3.63, 3.8) is 0 Å². The average molecular weight is 267 g/mol. The van der Waals surface area contributed by atoms with Crippen LogP contribution in [0.5, 0.6) is 0 Å². The van der Waals surface area contributed by atoms with Crippen molar-refractivity contribution < 1.29 is 9.32 Å². The second kappa shape index (κ2) is 6.63. The molecule has 1 amide bonds. The Hall–Kier alpha value is -1.47. The molecule has 1 saturated heterocycles. The molecule has 0 radical (unpaired) electrons. The Morgan fingerprint density at radius 2 is 2.11 bits per heavy atom. The van der Waals surface area contributed by atoms with Gasteiger partial charge < -0.3 is 15.2 Å². The summed E-state index contributed by atoms with van der Waals surface area (Å²) >= 11 is 0. The Kier molecular flexibility index (Phi) is 4.86. The lowest BCUT2D eigenvalue weighted by Crippen LogP contribution is -2.48. The molecule has 0 saturated carbocycles. The van der Waals surface area contributed by atoms with E-state index < -0.39 is 0 Å². The molecule has 1 aliphatic rings. The average Bonchev–Trinajstić information content (AvgIpc) is 2.87. The maximum Gasteiger partial charge on any atom is 0.226 e. The van der Waals surface area contributed by atoms with Crippen LogP contribution in [-0.4, -0.2) is 58.6 Å². The number of aromatic nitrogens is 2. The third-order valence-corrected chi connectivity index (χ3v) is 3.26. The number of aryl methyl sites for hydroxylation is 1. The summed E-state index contributed by atoms with van der Waals surface area (Å²) < 4.78 is 5.08. The highest BCUT2D eigenvalue weighted by atomic mass is 16.5. The van der Waals surface area contributed by atoms with E-state index in [4.69, 9.17) is 10.3 Å². The van der Waals surface area contributed by atoms with E-state index in [0.717, 1.165) is 38.4 Å². The van der Waals surface area contributed by atoms with E-state index in [1.54, 1.807) is 0 Å². The highest BCUT2D eigenvalue weighted by molar-refractivity contribution is 5.76. The molecule has 19 heavy (non-hydrogen) atoms. The Morgan fingerprint density at radius 3 is 2.68 bits per heavy atom. The van der Waals surface area contributed by atoms with Crippen molar-refractivity contribution in [3.05, 3.63) is 11.7 Å². The SMILES string of the molecule is CCc1nc(CN2CCN(C(=O)CCN)CC2)no1. The fraction of sp³-hybridized carbons (Fsp3) is 0.750. The molecule has 0 aromatic carbocycles. The number of amides is 1. The predicted octanol–water partition coefficient (Wildman–Crippen LogP) is -0.375. The largest absolute Gasteiger partial charge is 0.340 e. The number of hydrogen-bond acceptors (Lipinski definition) is 6. The van der Waals surface area contributed by atoms with E-state index >= 15 is 0 Å². The minimum atomic E-state index is 0.148. The molecule has 0 atom stereocenters. The second-order valence-electron chi connectivity index (χ2n) is 4.65. The van der Waals surface area contributed by atoms with Crippen LogP contribution in [0.3, 0.4) is 0 Å². The molecule has 0 bridgehead atoms. The summed E-state index contributed by atoms with van der Waals surface area (Å²) in [6, 6.07) is 0. The van der Waals surface area contributed by atoms with Crippen molar-refractivity contribution in [1.82, 2.24) is 19.9 Å². The molecule has 1 aromatic heterocycles. The summed E-state index contributed by atoms with van der Waals surface area (Å²) in [4.78, 5) is 20.1. The van der Waals surface area contributed by atoms with Crippen molar-refractivity contribution in [1.29, 1.82) is 0 Å². The van der Waals surface area contributed by atoms with Crippen LogP contribution in [0.15, 0.2) is 4.52 Å². The van der Waals surface area contributed by atoms with Gasteiger partial charge in [-0.05, 0) is 0 Å². The third kappa shape index (κ3) is 3.74. The minimum absolute atomic E-state index is 0.148. The molecule has 0 spiro atoms. The van der Waals surface area contributed by atoms with E-state index in [1.807, 2.05) is 11.8 Å². The van der Waals surface area contributed by atoms with Crippen LogP contribution in [0.1, 0.15) is 25.1 Å². The molecular formula is C12H21N5O2. The number of nitrogens with zero attached hydrogens (tertiary/aromatic N) is 4. The van der Waals surface area contributed by atoms with Crippen molar-refractivity contribution in [2.24, 2.45) is 5.73 Å². The van der Waals surface area contributed by atoms with E-state index in [2.05, 4.69) is 15.0 Å². The molecule has 1 aliphatic heterocycles. The van der Waals surface area contributed by atoms with Gasteiger partial charge in [0, 0.05) is 45.6 Å². The first-order chi connectivity index (χ1) is 9.22. The summed E-state index contributed by atoms with van der Waals surface area (Å²) in [5.41, 5.74) is 5.40. The Labute approximate surface area is 112 Å². The van der Waals surface area contributed by atoms with Crippen LogP contribution in [0.2, 0.25) is 0 Å². The molecule has 106 valence electrons. The minimum Gasteiger partial charge on any atom is -0.340 e. The van der Waals surface area contributed by atoms with Gasteiger partial charge >= 0.3 is 0 Å². The van der Waals surface area contributed by atoms with E-state index in [0.29, 0.717) is 25.4 Å². The van der Waals surface area contributed by atoms with Gasteiger partial charge in [-0.2, -0.15) is 4.98 Å². The molecule has 7 heteroatoms. The Balaban J connectivity index is 1.78. The zero-order chi connectivity index (χ0) is 13.7. The first-order valence-electron chi connectivity index (χ1n) is 6.74. The van der Waals surface area contributed by atoms with Crippen molar-refractivity contribution in [2.45, 2.75) is 26.3 Å². The number of rotatable bonds is 5. The second-order valence-corrected chi connectivity index (χ2v) is 4.65. The van der Waals surface area contributed by atoms with Crippen molar-refractivity contribution in [3.8, 4) is 0 Å². The van der Waals surface area contributed by atoms with Crippen LogP contribution in [0.4, 0.5) is 0 Å². The number of carbonyl (C=O) groups excluding carboxylic acids is 1. The lowest BCUT2D eigenvalue weighted by Gasteiger charge is -2.34. The fourth-order valence-electron chi connectivity index (χ4n) is 2.13. The van der Waals surface area contributed by atoms with Gasteiger partial charge in [0.1, 0.15) is 0 Å². The number of hydrogen-bond donors (Lipinski definition) is 1. The molecular weight excluding hydrogens is 246 g/mol. The van der Waals surface area contributed by atoms with Gasteiger partial charge in [0.05, 0.1) is 6.54 Å². The Morgan fingerprint density at radius 1 is 1.37 bits per heavy atom. The van der Waals surface area contributed by atoms with E-state index in [1.165, 1.54) is 0 Å². The fourth-order valence-corrected chi connectivity index (χ4v) is 2.13. The highest BCUT2D eigenvalue weighted by Crippen LogP contribution is 2.07. The van der Waals surface area contributed by atoms with Crippen LogP contribution in [-0.2, 0) is 17.8 Å². The van der Waals surface area contributed by atoms with Gasteiger partial charge in [0.2, 0.25) is 11.8 Å². The van der Waals surface area contributed by atoms with Crippen LogP contribution < -0.4 is 5.73 Å². The van der Waals surface area contributed by atoms with Crippen LogP contribution in [0, 0.1) is 0 Å². The summed E-state index contributed by atoms with van der Waals surface area (Å²) in [6.45, 7) is 6.26. The summed E-state index contributed by atoms with van der Waals surface area (Å²) in [7, 11) is 0. The topological polar surface area (TPSA) is 88.5 Å². The molecule has 1 fully saturated rings. The standard InChI is InChI=1S/C12H21N5O2/c1-2-11-14-10(15-19-11)9-16-5-7-17(8-6-16)12(18)3-4-13/h2-9,13H2,1H3. The van der Waals surface area contributed by atoms with Gasteiger partial charge in [0.25, 0.3) is 0 Å². The van der Waals surface area contributed by atoms with Gasteiger partial charge in [-0.1, -0.05) is 12.1 Å². The van der Waals surface area contributed by atoms with Gasteiger partial charge in [-0.3, -0.25) is 9.69 Å². The molecule has 0 unspecified atom stereocenters. The predicted molar refractivity (Wildman–Crippen MR) is 69.2 cm³/mol. The number of nitrogens with two attached hydrogens (primary N) is 1. The van der Waals surface area contributed by atoms with E-state index in [9.17, 15) is 4.79 Å². The van der Waals surface area contributed by atoms with Gasteiger partial charge in [-0.25, -0.2) is 0 Å². The number of piperazine rings is 1. The van der Waals surface area contributed by atoms with Crippen LogP contribution >= 0.6 is 0 Å². The summed E-state index contributed by atoms with van der Waals surface area (Å²) in [5, 5.41) is 3.94. The van der Waals surface area contributed by atoms with Crippen LogP contribution in [0.25, 0.3) is 0 Å². The lowest BCUT2D eigenvalue weighted by atomic mass is 10.2. The van der Waals surface area contributed by atoms with Crippen molar-refractivity contribution in [2.75, 3.05) is 32.7 Å². The quantitative estimate of drug-likeness (QED) is 0.782. The number of carbonyl (C=O) groups is 1. The zero-order valence-electron chi connectivity index (χ0n) is 11.3. The molecule has 7 nitrogen and oxygen atoms in total. The first kappa shape index (κ1) is 14.0. The normalized spacial score (nSPS) is 16.8. The van der Waals surface area contributed by atoms with Crippen molar-refractivity contribution >= 4 is 5.91 Å². The zero-order valence-corrected chi connectivity index (χ0v) is 11.3. The smallest absolute Gasteiger partial charge is 0.226 e. The molecule has 0 aliphatic carbocycles. The maximum absolute atomic E-state index is 11.7. The summed E-state index contributed by atoms with van der Waals surface area (Å²) in [6.07, 6.45) is 1.19. The third-order valence-electron chi connectivity index (χ3n) is 3.26. The van der Waals surface area contributed by atoms with E-state index in [-0.39, 0.29) is 5.91 Å². The molecule has 2 N–H and O–H groups in total.